The third-order valence-electron chi connectivity index (χ3n) is 5.60. The molecule has 0 aromatic carbocycles. The Morgan fingerprint density at radius 2 is 1.12 bits per heavy atom. The van der Waals surface area contributed by atoms with Crippen LogP contribution in [0.4, 0.5) is 0 Å². The van der Waals surface area contributed by atoms with Gasteiger partial charge >= 0.3 is 16.4 Å². The molecule has 0 fully saturated rings. The number of rotatable bonds is 23. The van der Waals surface area contributed by atoms with E-state index in [0.29, 0.717) is 0 Å². The molecule has 6 nitrogen and oxygen atoms in total. The summed E-state index contributed by atoms with van der Waals surface area (Å²) < 4.78 is 38.4. The largest absolute Gasteiger partial charge is 0.433 e. The third kappa shape index (κ3) is 23.7. The van der Waals surface area contributed by atoms with Gasteiger partial charge in [0, 0.05) is 0 Å². The minimum absolute atomic E-state index is 0.805. The lowest BCUT2D eigenvalue weighted by Gasteiger charge is -2.06. The van der Waals surface area contributed by atoms with Gasteiger partial charge in [-0.25, -0.2) is 8.98 Å². The van der Waals surface area contributed by atoms with E-state index in [9.17, 15) is 13.2 Å². The molecule has 0 heterocycles. The van der Waals surface area contributed by atoms with Gasteiger partial charge in [-0.15, -0.1) is 0 Å². The Morgan fingerprint density at radius 3 is 1.50 bits per heavy atom. The summed E-state index contributed by atoms with van der Waals surface area (Å²) in [5.74, 6) is -0.864. The number of ether oxygens (including phenoxy) is 1. The van der Waals surface area contributed by atoms with Crippen molar-refractivity contribution >= 4 is 16.4 Å². The van der Waals surface area contributed by atoms with E-state index in [4.69, 9.17) is 9.29 Å². The smallest absolute Gasteiger partial charge is 0.398 e. The maximum Gasteiger partial charge on any atom is 0.398 e. The summed E-state index contributed by atoms with van der Waals surface area (Å²) in [6.45, 7) is 3.47. The van der Waals surface area contributed by atoms with Crippen LogP contribution in [0.3, 0.4) is 0 Å². The third-order valence-corrected chi connectivity index (χ3v) is 6.13. The molecule has 1 N–H and O–H groups in total. The van der Waals surface area contributed by atoms with Crippen molar-refractivity contribution in [2.24, 2.45) is 0 Å². The molecule has 1 unspecified atom stereocenters. The first-order chi connectivity index (χ1) is 15.4. The number of carbonyl (C=O) groups is 1. The SMILES string of the molecule is CCCCCCCCCCCCCCCCCCCCC=COC(=O)C(C)OS(=O)(=O)O. The fraction of sp³-hybridized carbons (Fsp3) is 0.880. The highest BCUT2D eigenvalue weighted by Crippen LogP contribution is 2.14. The Kier molecular flexibility index (Phi) is 21.3. The summed E-state index contributed by atoms with van der Waals surface area (Å²) in [5, 5.41) is 0. The van der Waals surface area contributed by atoms with E-state index < -0.39 is 22.5 Å². The topological polar surface area (TPSA) is 89.9 Å². The fourth-order valence-corrected chi connectivity index (χ4v) is 4.11. The van der Waals surface area contributed by atoms with E-state index in [1.54, 1.807) is 6.08 Å². The van der Waals surface area contributed by atoms with Crippen molar-refractivity contribution in [3.05, 3.63) is 12.3 Å². The molecule has 1 atom stereocenters. The summed E-state index contributed by atoms with van der Waals surface area (Å²) in [4.78, 5) is 11.4. The van der Waals surface area contributed by atoms with Crippen molar-refractivity contribution < 1.29 is 26.7 Å². The molecule has 0 rings (SSSR count). The molecule has 190 valence electrons. The van der Waals surface area contributed by atoms with Crippen LogP contribution in [0.1, 0.15) is 136 Å². The second kappa shape index (κ2) is 21.9. The molecule has 0 saturated carbocycles. The van der Waals surface area contributed by atoms with Crippen molar-refractivity contribution in [1.82, 2.24) is 0 Å². The number of esters is 1. The zero-order valence-corrected chi connectivity index (χ0v) is 21.4. The van der Waals surface area contributed by atoms with Crippen LogP contribution in [0.2, 0.25) is 0 Å². The normalized spacial score (nSPS) is 13.0. The Morgan fingerprint density at radius 1 is 0.750 bits per heavy atom. The lowest BCUT2D eigenvalue weighted by Crippen LogP contribution is -2.24. The monoisotopic (exact) mass is 476 g/mol. The molecule has 0 spiro atoms. The molecule has 0 aromatic rings. The quantitative estimate of drug-likeness (QED) is 0.0703. The number of carbonyl (C=O) groups excluding carboxylic acids is 1. The van der Waals surface area contributed by atoms with Crippen molar-refractivity contribution in [3.8, 4) is 0 Å². The summed E-state index contributed by atoms with van der Waals surface area (Å²) in [7, 11) is -4.66. The molecular weight excluding hydrogens is 428 g/mol. The van der Waals surface area contributed by atoms with Crippen LogP contribution >= 0.6 is 0 Å². The molecule has 0 aliphatic heterocycles. The number of hydrogen-bond acceptors (Lipinski definition) is 5. The molecule has 0 saturated heterocycles. The van der Waals surface area contributed by atoms with E-state index in [-0.39, 0.29) is 0 Å². The van der Waals surface area contributed by atoms with Crippen LogP contribution in [-0.4, -0.2) is 25.0 Å². The zero-order valence-electron chi connectivity index (χ0n) is 20.6. The van der Waals surface area contributed by atoms with Gasteiger partial charge in [0.2, 0.25) is 0 Å². The zero-order chi connectivity index (χ0) is 23.9. The van der Waals surface area contributed by atoms with Crippen LogP contribution < -0.4 is 0 Å². The predicted octanol–water partition coefficient (Wildman–Crippen LogP) is 7.68. The summed E-state index contributed by atoms with van der Waals surface area (Å²) in [6, 6.07) is 0. The molecule has 32 heavy (non-hydrogen) atoms. The van der Waals surface area contributed by atoms with E-state index in [2.05, 4.69) is 11.1 Å². The van der Waals surface area contributed by atoms with Crippen LogP contribution in [0.25, 0.3) is 0 Å². The highest BCUT2D eigenvalue weighted by atomic mass is 32.3. The minimum atomic E-state index is -4.66. The van der Waals surface area contributed by atoms with Crippen molar-refractivity contribution in [2.75, 3.05) is 0 Å². The summed E-state index contributed by atoms with van der Waals surface area (Å²) in [5.41, 5.74) is 0. The fourth-order valence-electron chi connectivity index (χ4n) is 3.66. The average molecular weight is 477 g/mol. The maximum atomic E-state index is 11.4. The van der Waals surface area contributed by atoms with Gasteiger partial charge in [0.05, 0.1) is 6.26 Å². The van der Waals surface area contributed by atoms with Gasteiger partial charge in [-0.1, -0.05) is 116 Å². The molecule has 0 aliphatic rings. The Bertz CT molecular complexity index is 559. The number of allylic oxidation sites excluding steroid dienone is 1. The molecule has 0 amide bonds. The van der Waals surface area contributed by atoms with E-state index in [0.717, 1.165) is 19.3 Å². The van der Waals surface area contributed by atoms with Crippen molar-refractivity contribution in [3.63, 3.8) is 0 Å². The van der Waals surface area contributed by atoms with Gasteiger partial charge in [-0.3, -0.25) is 4.55 Å². The second-order valence-corrected chi connectivity index (χ2v) is 9.82. The van der Waals surface area contributed by atoms with Gasteiger partial charge in [0.1, 0.15) is 0 Å². The van der Waals surface area contributed by atoms with E-state index in [1.165, 1.54) is 116 Å². The molecule has 0 aromatic heterocycles. The summed E-state index contributed by atoms with van der Waals surface area (Å²) >= 11 is 0. The van der Waals surface area contributed by atoms with Gasteiger partial charge in [0.25, 0.3) is 0 Å². The number of hydrogen-bond donors (Lipinski definition) is 1. The molecule has 0 radical (unpaired) electrons. The first-order valence-electron chi connectivity index (χ1n) is 12.9. The molecular formula is C25H48O6S. The van der Waals surface area contributed by atoms with Crippen molar-refractivity contribution in [2.45, 2.75) is 142 Å². The lowest BCUT2D eigenvalue weighted by molar-refractivity contribution is -0.145. The molecule has 7 heteroatoms. The van der Waals surface area contributed by atoms with Crippen LogP contribution in [-0.2, 0) is 24.1 Å². The standard InChI is InChI=1S/C25H48O6S/c1-3-4-5-6-7-8-9-10-11-12-13-14-15-16-17-18-19-20-21-22-23-30-25(26)24(2)31-32(27,28)29/h22-24H,3-21H2,1-2H3,(H,27,28,29). The van der Waals surface area contributed by atoms with E-state index >= 15 is 0 Å². The highest BCUT2D eigenvalue weighted by Gasteiger charge is 2.20. The maximum absolute atomic E-state index is 11.4. The van der Waals surface area contributed by atoms with Gasteiger partial charge in [-0.2, -0.15) is 8.42 Å². The Labute approximate surface area is 197 Å². The minimum Gasteiger partial charge on any atom is -0.433 e. The van der Waals surface area contributed by atoms with Crippen LogP contribution in [0.15, 0.2) is 12.3 Å². The van der Waals surface area contributed by atoms with Gasteiger partial charge < -0.3 is 4.74 Å². The molecule has 0 aliphatic carbocycles. The van der Waals surface area contributed by atoms with Gasteiger partial charge in [0.15, 0.2) is 6.10 Å². The van der Waals surface area contributed by atoms with E-state index in [1.807, 2.05) is 0 Å². The second-order valence-electron chi connectivity index (χ2n) is 8.77. The first kappa shape index (κ1) is 31.1. The number of unbranched alkanes of at least 4 members (excludes halogenated alkanes) is 18. The predicted molar refractivity (Wildman–Crippen MR) is 131 cm³/mol. The molecule has 0 bridgehead atoms. The average Bonchev–Trinajstić information content (AvgIpc) is 2.73. The van der Waals surface area contributed by atoms with Crippen molar-refractivity contribution in [1.29, 1.82) is 0 Å². The van der Waals surface area contributed by atoms with Gasteiger partial charge in [-0.05, 0) is 25.8 Å². The van der Waals surface area contributed by atoms with Crippen LogP contribution in [0.5, 0.6) is 0 Å². The Balaban J connectivity index is 3.29. The lowest BCUT2D eigenvalue weighted by atomic mass is 10.0. The van der Waals surface area contributed by atoms with Crippen LogP contribution in [0, 0.1) is 0 Å². The Hall–Kier alpha value is -0.920. The highest BCUT2D eigenvalue weighted by molar-refractivity contribution is 7.80. The first-order valence-corrected chi connectivity index (χ1v) is 14.2. The summed E-state index contributed by atoms with van der Waals surface area (Å²) in [6.07, 6.45) is 26.6.